The summed E-state index contributed by atoms with van der Waals surface area (Å²) >= 11 is 5.79. The molecule has 16 heavy (non-hydrogen) atoms. The van der Waals surface area contributed by atoms with Gasteiger partial charge in [0.2, 0.25) is 5.91 Å². The van der Waals surface area contributed by atoms with Gasteiger partial charge >= 0.3 is 0 Å². The van der Waals surface area contributed by atoms with Crippen molar-refractivity contribution in [1.29, 1.82) is 0 Å². The maximum absolute atomic E-state index is 11.6. The van der Waals surface area contributed by atoms with E-state index < -0.39 is 6.04 Å². The zero-order valence-corrected chi connectivity index (χ0v) is 10.3. The molecule has 0 aliphatic heterocycles. The molecule has 1 aromatic rings. The van der Waals surface area contributed by atoms with Gasteiger partial charge in [0.15, 0.2) is 0 Å². The molecule has 4 heteroatoms. The van der Waals surface area contributed by atoms with E-state index in [4.69, 9.17) is 17.3 Å². The number of carbonyl (C=O) groups excluding carboxylic acids is 1. The second-order valence-corrected chi connectivity index (χ2v) is 4.23. The number of hydrogen-bond acceptors (Lipinski definition) is 2. The topological polar surface area (TPSA) is 55.1 Å². The quantitative estimate of drug-likeness (QED) is 0.848. The summed E-state index contributed by atoms with van der Waals surface area (Å²) < 4.78 is 0. The molecule has 3 nitrogen and oxygen atoms in total. The van der Waals surface area contributed by atoms with E-state index >= 15 is 0 Å². The maximum atomic E-state index is 11.6. The summed E-state index contributed by atoms with van der Waals surface area (Å²) in [5, 5.41) is 3.55. The maximum Gasteiger partial charge on any atom is 0.237 e. The molecule has 3 N–H and O–H groups in total. The monoisotopic (exact) mass is 240 g/mol. The van der Waals surface area contributed by atoms with Gasteiger partial charge in [-0.2, -0.15) is 0 Å². The van der Waals surface area contributed by atoms with Gasteiger partial charge in [-0.1, -0.05) is 30.7 Å². The summed E-state index contributed by atoms with van der Waals surface area (Å²) in [6, 6.07) is 6.91. The molecule has 1 amide bonds. The van der Waals surface area contributed by atoms with Crippen molar-refractivity contribution in [2.75, 3.05) is 0 Å². The zero-order valence-electron chi connectivity index (χ0n) is 9.53. The van der Waals surface area contributed by atoms with E-state index in [0.29, 0.717) is 11.4 Å². The largest absolute Gasteiger partial charge is 0.348 e. The molecule has 0 heterocycles. The second-order valence-electron chi connectivity index (χ2n) is 3.80. The van der Waals surface area contributed by atoms with Crippen molar-refractivity contribution in [3.05, 3.63) is 34.9 Å². The normalized spacial score (nSPS) is 14.2. The van der Waals surface area contributed by atoms with Crippen molar-refractivity contribution in [2.24, 2.45) is 5.73 Å². The molecular weight excluding hydrogens is 224 g/mol. The first-order valence-corrected chi connectivity index (χ1v) is 5.73. The van der Waals surface area contributed by atoms with E-state index in [-0.39, 0.29) is 11.9 Å². The molecule has 2 atom stereocenters. The first kappa shape index (κ1) is 13.0. The Bertz CT molecular complexity index is 351. The van der Waals surface area contributed by atoms with Gasteiger partial charge in [-0.05, 0) is 31.0 Å². The van der Waals surface area contributed by atoms with Gasteiger partial charge in [0.1, 0.15) is 0 Å². The van der Waals surface area contributed by atoms with Crippen LogP contribution >= 0.6 is 11.6 Å². The molecule has 0 fully saturated rings. The van der Waals surface area contributed by atoms with Crippen LogP contribution in [0, 0.1) is 0 Å². The average Bonchev–Trinajstić information content (AvgIpc) is 2.28. The van der Waals surface area contributed by atoms with E-state index in [1.54, 1.807) is 12.1 Å². The zero-order chi connectivity index (χ0) is 12.1. The molecule has 1 rings (SSSR count). The minimum absolute atomic E-state index is 0.0534. The van der Waals surface area contributed by atoms with Gasteiger partial charge in [0, 0.05) is 5.02 Å². The Morgan fingerprint density at radius 2 is 2.00 bits per heavy atom. The lowest BCUT2D eigenvalue weighted by Gasteiger charge is -2.17. The molecule has 0 radical (unpaired) electrons. The number of amides is 1. The highest BCUT2D eigenvalue weighted by atomic mass is 35.5. The third kappa shape index (κ3) is 3.51. The highest BCUT2D eigenvalue weighted by Gasteiger charge is 2.14. The average molecular weight is 241 g/mol. The van der Waals surface area contributed by atoms with E-state index in [0.717, 1.165) is 5.56 Å². The van der Waals surface area contributed by atoms with Gasteiger partial charge in [-0.3, -0.25) is 4.79 Å². The highest BCUT2D eigenvalue weighted by Crippen LogP contribution is 2.15. The smallest absolute Gasteiger partial charge is 0.237 e. The Morgan fingerprint density at radius 3 is 2.50 bits per heavy atom. The van der Waals surface area contributed by atoms with Gasteiger partial charge < -0.3 is 11.1 Å². The van der Waals surface area contributed by atoms with Crippen LogP contribution in [-0.2, 0) is 4.79 Å². The first-order chi connectivity index (χ1) is 7.54. The number of nitrogens with two attached hydrogens (primary N) is 1. The van der Waals surface area contributed by atoms with Crippen LogP contribution in [0.2, 0.25) is 5.02 Å². The molecule has 0 unspecified atom stereocenters. The number of benzene rings is 1. The van der Waals surface area contributed by atoms with Gasteiger partial charge in [0.05, 0.1) is 12.1 Å². The molecule has 0 aromatic heterocycles. The van der Waals surface area contributed by atoms with Crippen molar-refractivity contribution >= 4 is 17.5 Å². The Labute approximate surface area is 101 Å². The van der Waals surface area contributed by atoms with Crippen LogP contribution in [0.15, 0.2) is 24.3 Å². The van der Waals surface area contributed by atoms with Crippen molar-refractivity contribution in [2.45, 2.75) is 32.4 Å². The van der Waals surface area contributed by atoms with Crippen molar-refractivity contribution < 1.29 is 4.79 Å². The molecule has 0 aliphatic rings. The summed E-state index contributed by atoms with van der Waals surface area (Å²) in [5.41, 5.74) is 6.65. The Kier molecular flexibility index (Phi) is 4.77. The third-order valence-corrected chi connectivity index (χ3v) is 2.76. The fourth-order valence-corrected chi connectivity index (χ4v) is 1.47. The Morgan fingerprint density at radius 1 is 1.44 bits per heavy atom. The standard InChI is InChI=1S/C12H17ClN2O/c1-3-11(14)12(16)15-8(2)9-4-6-10(13)7-5-9/h4-8,11H,3,14H2,1-2H3,(H,15,16)/t8-,11+/m1/s1. The summed E-state index contributed by atoms with van der Waals surface area (Å²) in [7, 11) is 0. The number of hydrogen-bond donors (Lipinski definition) is 2. The summed E-state index contributed by atoms with van der Waals surface area (Å²) in [4.78, 5) is 11.6. The number of rotatable bonds is 4. The molecule has 0 saturated carbocycles. The van der Waals surface area contributed by atoms with Gasteiger partial charge in [0.25, 0.3) is 0 Å². The lowest BCUT2D eigenvalue weighted by Crippen LogP contribution is -2.41. The number of halogens is 1. The molecule has 0 bridgehead atoms. The number of carbonyl (C=O) groups is 1. The van der Waals surface area contributed by atoms with Crippen molar-refractivity contribution in [3.63, 3.8) is 0 Å². The predicted molar refractivity (Wildman–Crippen MR) is 66.3 cm³/mol. The van der Waals surface area contributed by atoms with E-state index in [9.17, 15) is 4.79 Å². The lowest BCUT2D eigenvalue weighted by molar-refractivity contribution is -0.123. The van der Waals surface area contributed by atoms with Crippen LogP contribution < -0.4 is 11.1 Å². The first-order valence-electron chi connectivity index (χ1n) is 5.36. The minimum atomic E-state index is -0.435. The van der Waals surface area contributed by atoms with Gasteiger partial charge in [-0.15, -0.1) is 0 Å². The summed E-state index contributed by atoms with van der Waals surface area (Å²) in [5.74, 6) is -0.120. The third-order valence-electron chi connectivity index (χ3n) is 2.51. The van der Waals surface area contributed by atoms with Crippen molar-refractivity contribution in [3.8, 4) is 0 Å². The lowest BCUT2D eigenvalue weighted by atomic mass is 10.1. The fourth-order valence-electron chi connectivity index (χ4n) is 1.34. The highest BCUT2D eigenvalue weighted by molar-refractivity contribution is 6.30. The second kappa shape index (κ2) is 5.87. The van der Waals surface area contributed by atoms with Crippen LogP contribution in [-0.4, -0.2) is 11.9 Å². The van der Waals surface area contributed by atoms with Crippen LogP contribution in [0.25, 0.3) is 0 Å². The SMILES string of the molecule is CC[C@H](N)C(=O)N[C@H](C)c1ccc(Cl)cc1. The summed E-state index contributed by atoms with van der Waals surface area (Å²) in [6.45, 7) is 3.81. The molecule has 0 saturated heterocycles. The Balaban J connectivity index is 2.62. The van der Waals surface area contributed by atoms with Crippen LogP contribution in [0.1, 0.15) is 31.9 Å². The number of nitrogens with one attached hydrogen (secondary N) is 1. The van der Waals surface area contributed by atoms with Crippen LogP contribution in [0.5, 0.6) is 0 Å². The van der Waals surface area contributed by atoms with E-state index in [1.165, 1.54) is 0 Å². The van der Waals surface area contributed by atoms with Crippen molar-refractivity contribution in [1.82, 2.24) is 5.32 Å². The fraction of sp³-hybridized carbons (Fsp3) is 0.417. The summed E-state index contributed by atoms with van der Waals surface area (Å²) in [6.07, 6.45) is 0.638. The minimum Gasteiger partial charge on any atom is -0.348 e. The molecule has 0 spiro atoms. The van der Waals surface area contributed by atoms with Crippen LogP contribution in [0.3, 0.4) is 0 Å². The van der Waals surface area contributed by atoms with Gasteiger partial charge in [-0.25, -0.2) is 0 Å². The molecule has 1 aromatic carbocycles. The van der Waals surface area contributed by atoms with Crippen LogP contribution in [0.4, 0.5) is 0 Å². The molecule has 0 aliphatic carbocycles. The Hall–Kier alpha value is -1.06. The van der Waals surface area contributed by atoms with E-state index in [1.807, 2.05) is 26.0 Å². The van der Waals surface area contributed by atoms with E-state index in [2.05, 4.69) is 5.32 Å². The molecule has 88 valence electrons. The predicted octanol–water partition coefficient (Wildman–Crippen LogP) is 2.25. The molecular formula is C12H17ClN2O.